The molecule has 17 heavy (non-hydrogen) atoms. The van der Waals surface area contributed by atoms with E-state index in [1.807, 2.05) is 6.92 Å². The molecule has 0 aromatic heterocycles. The minimum Gasteiger partial charge on any atom is -0.396 e. The summed E-state index contributed by atoms with van der Waals surface area (Å²) in [7, 11) is 0. The largest absolute Gasteiger partial charge is 0.396 e. The van der Waals surface area contributed by atoms with Gasteiger partial charge in [-0.15, -0.1) is 0 Å². The lowest BCUT2D eigenvalue weighted by Gasteiger charge is -2.49. The van der Waals surface area contributed by atoms with Crippen LogP contribution in [0, 0.1) is 0 Å². The molecule has 0 aromatic rings. The molecule has 100 valence electrons. The summed E-state index contributed by atoms with van der Waals surface area (Å²) in [5, 5.41) is 28.9. The maximum absolute atomic E-state index is 10.1. The minimum atomic E-state index is -1.07. The van der Waals surface area contributed by atoms with Crippen molar-refractivity contribution >= 4 is 0 Å². The molecule has 0 amide bonds. The standard InChI is InChI=1S/C12H22O5/c1-8-3-2-5-12(16-8)11(15)10(14)7-9(17-12)4-6-13/h8-11,13-15H,2-7H2,1H3/t8-,9-,10+,11-,12-/m0/s1. The van der Waals surface area contributed by atoms with Crippen molar-refractivity contribution in [2.45, 2.75) is 69.2 Å². The number of rotatable bonds is 2. The van der Waals surface area contributed by atoms with Crippen LogP contribution in [-0.4, -0.2) is 52.1 Å². The van der Waals surface area contributed by atoms with E-state index in [2.05, 4.69) is 0 Å². The first kappa shape index (κ1) is 13.2. The van der Waals surface area contributed by atoms with Crippen LogP contribution in [0.1, 0.15) is 39.0 Å². The second kappa shape index (κ2) is 5.20. The van der Waals surface area contributed by atoms with E-state index in [1.54, 1.807) is 0 Å². The molecule has 1 spiro atoms. The minimum absolute atomic E-state index is 0.0130. The van der Waals surface area contributed by atoms with Crippen LogP contribution in [0.25, 0.3) is 0 Å². The molecule has 2 rings (SSSR count). The normalized spacial score (nSPS) is 47.3. The van der Waals surface area contributed by atoms with Gasteiger partial charge in [0.05, 0.1) is 18.3 Å². The molecule has 5 atom stereocenters. The van der Waals surface area contributed by atoms with Crippen molar-refractivity contribution in [3.8, 4) is 0 Å². The molecule has 0 aliphatic carbocycles. The molecule has 3 N–H and O–H groups in total. The Morgan fingerprint density at radius 2 is 2.06 bits per heavy atom. The van der Waals surface area contributed by atoms with E-state index in [9.17, 15) is 10.2 Å². The Bertz CT molecular complexity index is 259. The second-order valence-electron chi connectivity index (χ2n) is 5.13. The summed E-state index contributed by atoms with van der Waals surface area (Å²) in [6, 6.07) is 0. The van der Waals surface area contributed by atoms with Crippen LogP contribution in [0.3, 0.4) is 0 Å². The first-order chi connectivity index (χ1) is 8.07. The highest BCUT2D eigenvalue weighted by Crippen LogP contribution is 2.40. The molecule has 0 bridgehead atoms. The van der Waals surface area contributed by atoms with E-state index < -0.39 is 18.0 Å². The highest BCUT2D eigenvalue weighted by molar-refractivity contribution is 4.94. The molecule has 0 aromatic carbocycles. The zero-order valence-corrected chi connectivity index (χ0v) is 10.2. The van der Waals surface area contributed by atoms with Gasteiger partial charge in [0.1, 0.15) is 6.10 Å². The van der Waals surface area contributed by atoms with Crippen molar-refractivity contribution in [2.24, 2.45) is 0 Å². The highest BCUT2D eigenvalue weighted by Gasteiger charge is 2.51. The average Bonchev–Trinajstić information content (AvgIpc) is 2.26. The summed E-state index contributed by atoms with van der Waals surface area (Å²) in [4.78, 5) is 0. The molecule has 0 unspecified atom stereocenters. The molecule has 2 heterocycles. The predicted octanol–water partition coefficient (Wildman–Crippen LogP) is 0.165. The average molecular weight is 246 g/mol. The van der Waals surface area contributed by atoms with Gasteiger partial charge < -0.3 is 24.8 Å². The van der Waals surface area contributed by atoms with E-state index in [4.69, 9.17) is 14.6 Å². The topological polar surface area (TPSA) is 79.2 Å². The third-order valence-corrected chi connectivity index (χ3v) is 3.67. The second-order valence-corrected chi connectivity index (χ2v) is 5.13. The summed E-state index contributed by atoms with van der Waals surface area (Å²) in [6.07, 6.45) is 1.20. The summed E-state index contributed by atoms with van der Waals surface area (Å²) in [6.45, 7) is 1.96. The molecular formula is C12H22O5. The summed E-state index contributed by atoms with van der Waals surface area (Å²) < 4.78 is 11.6. The van der Waals surface area contributed by atoms with Crippen molar-refractivity contribution in [3.63, 3.8) is 0 Å². The van der Waals surface area contributed by atoms with E-state index >= 15 is 0 Å². The SMILES string of the molecule is C[C@H]1CCC[C@@]2(O[C@@H](CCO)C[C@@H](O)[C@@H]2O)O1. The Balaban J connectivity index is 2.11. The first-order valence-corrected chi connectivity index (χ1v) is 6.40. The molecule has 0 radical (unpaired) electrons. The maximum Gasteiger partial charge on any atom is 0.197 e. The van der Waals surface area contributed by atoms with Crippen LogP contribution >= 0.6 is 0 Å². The van der Waals surface area contributed by atoms with Crippen molar-refractivity contribution in [2.75, 3.05) is 6.61 Å². The van der Waals surface area contributed by atoms with Crippen molar-refractivity contribution in [1.29, 1.82) is 0 Å². The fourth-order valence-electron chi connectivity index (χ4n) is 2.81. The van der Waals surface area contributed by atoms with Crippen molar-refractivity contribution < 1.29 is 24.8 Å². The number of aliphatic hydroxyl groups excluding tert-OH is 3. The molecule has 0 saturated carbocycles. The van der Waals surface area contributed by atoms with Gasteiger partial charge in [0.2, 0.25) is 0 Å². The zero-order chi connectivity index (χ0) is 12.5. The Kier molecular flexibility index (Phi) is 4.05. The number of hydrogen-bond acceptors (Lipinski definition) is 5. The molecule has 2 aliphatic rings. The van der Waals surface area contributed by atoms with Gasteiger partial charge in [0.15, 0.2) is 5.79 Å². The maximum atomic E-state index is 10.1. The van der Waals surface area contributed by atoms with Crippen LogP contribution in [0.15, 0.2) is 0 Å². The third kappa shape index (κ3) is 2.63. The lowest BCUT2D eigenvalue weighted by atomic mass is 9.88. The molecule has 2 aliphatic heterocycles. The smallest absolute Gasteiger partial charge is 0.197 e. The van der Waals surface area contributed by atoms with Crippen LogP contribution in [0.4, 0.5) is 0 Å². The molecule has 5 heteroatoms. The lowest BCUT2D eigenvalue weighted by Crippen LogP contribution is -2.61. The predicted molar refractivity (Wildman–Crippen MR) is 60.3 cm³/mol. The Morgan fingerprint density at radius 1 is 1.29 bits per heavy atom. The quantitative estimate of drug-likeness (QED) is 0.647. The summed E-state index contributed by atoms with van der Waals surface area (Å²) in [5.41, 5.74) is 0. The molecular weight excluding hydrogens is 224 g/mol. The van der Waals surface area contributed by atoms with E-state index in [0.717, 1.165) is 12.8 Å². The van der Waals surface area contributed by atoms with Gasteiger partial charge in [-0.3, -0.25) is 0 Å². The Labute approximate surface area is 101 Å². The van der Waals surface area contributed by atoms with Crippen LogP contribution < -0.4 is 0 Å². The summed E-state index contributed by atoms with van der Waals surface area (Å²) in [5.74, 6) is -1.07. The van der Waals surface area contributed by atoms with Gasteiger partial charge in [-0.1, -0.05) is 0 Å². The van der Waals surface area contributed by atoms with E-state index in [-0.39, 0.29) is 18.8 Å². The number of ether oxygens (including phenoxy) is 2. The first-order valence-electron chi connectivity index (χ1n) is 6.40. The third-order valence-electron chi connectivity index (χ3n) is 3.67. The Morgan fingerprint density at radius 3 is 2.71 bits per heavy atom. The molecule has 5 nitrogen and oxygen atoms in total. The van der Waals surface area contributed by atoms with Gasteiger partial charge in [0.25, 0.3) is 0 Å². The van der Waals surface area contributed by atoms with Gasteiger partial charge in [0, 0.05) is 19.4 Å². The number of hydrogen-bond donors (Lipinski definition) is 3. The van der Waals surface area contributed by atoms with Crippen LogP contribution in [0.2, 0.25) is 0 Å². The van der Waals surface area contributed by atoms with Gasteiger partial charge in [-0.25, -0.2) is 0 Å². The van der Waals surface area contributed by atoms with Gasteiger partial charge >= 0.3 is 0 Å². The number of aliphatic hydroxyl groups is 3. The van der Waals surface area contributed by atoms with Crippen LogP contribution in [-0.2, 0) is 9.47 Å². The monoisotopic (exact) mass is 246 g/mol. The summed E-state index contributed by atoms with van der Waals surface area (Å²) >= 11 is 0. The van der Waals surface area contributed by atoms with E-state index in [0.29, 0.717) is 19.3 Å². The Hall–Kier alpha value is -0.200. The zero-order valence-electron chi connectivity index (χ0n) is 10.2. The van der Waals surface area contributed by atoms with E-state index in [1.165, 1.54) is 0 Å². The molecule has 2 fully saturated rings. The molecule has 2 saturated heterocycles. The van der Waals surface area contributed by atoms with Crippen molar-refractivity contribution in [3.05, 3.63) is 0 Å². The fourth-order valence-corrected chi connectivity index (χ4v) is 2.81. The van der Waals surface area contributed by atoms with Crippen molar-refractivity contribution in [1.82, 2.24) is 0 Å². The van der Waals surface area contributed by atoms with Gasteiger partial charge in [-0.2, -0.15) is 0 Å². The highest BCUT2D eigenvalue weighted by atomic mass is 16.7. The van der Waals surface area contributed by atoms with Crippen LogP contribution in [0.5, 0.6) is 0 Å². The van der Waals surface area contributed by atoms with Gasteiger partial charge in [-0.05, 0) is 26.2 Å². The fraction of sp³-hybridized carbons (Fsp3) is 1.00. The lowest BCUT2D eigenvalue weighted by molar-refractivity contribution is -0.365.